The lowest BCUT2D eigenvalue weighted by Gasteiger charge is -2.24. The molecule has 0 bridgehead atoms. The first-order chi connectivity index (χ1) is 9.34. The van der Waals surface area contributed by atoms with Crippen LogP contribution in [-0.2, 0) is 11.3 Å². The van der Waals surface area contributed by atoms with Gasteiger partial charge < -0.3 is 10.4 Å². The summed E-state index contributed by atoms with van der Waals surface area (Å²) in [4.78, 5) is 21.7. The van der Waals surface area contributed by atoms with Crippen molar-refractivity contribution in [3.8, 4) is 0 Å². The van der Waals surface area contributed by atoms with Crippen LogP contribution in [0.4, 0.5) is 5.69 Å². The number of rotatable bonds is 8. The standard InChI is InChI=1S/C12H20N4O4/c1-12(2,4-3-5-17)9-13-11(18)8-15-7-10(6-14-15)16(19)20/h6-7,17H,3-5,8-9H2,1-2H3,(H,13,18). The molecule has 0 aliphatic rings. The first-order valence-electron chi connectivity index (χ1n) is 6.38. The van der Waals surface area contributed by atoms with Gasteiger partial charge in [-0.25, -0.2) is 0 Å². The molecule has 20 heavy (non-hydrogen) atoms. The minimum absolute atomic E-state index is 0.0517. The highest BCUT2D eigenvalue weighted by Crippen LogP contribution is 2.20. The van der Waals surface area contributed by atoms with E-state index in [1.165, 1.54) is 10.9 Å². The second-order valence-corrected chi connectivity index (χ2v) is 5.42. The molecule has 0 fully saturated rings. The Bertz CT molecular complexity index is 470. The fourth-order valence-electron chi connectivity index (χ4n) is 1.72. The van der Waals surface area contributed by atoms with Crippen molar-refractivity contribution in [2.24, 2.45) is 5.41 Å². The number of aliphatic hydroxyl groups excluding tert-OH is 1. The minimum atomic E-state index is -0.556. The van der Waals surface area contributed by atoms with Crippen LogP contribution in [-0.4, -0.2) is 38.9 Å². The van der Waals surface area contributed by atoms with E-state index in [1.807, 2.05) is 13.8 Å². The number of nitro groups is 1. The molecule has 0 spiro atoms. The highest BCUT2D eigenvalue weighted by atomic mass is 16.6. The van der Waals surface area contributed by atoms with Gasteiger partial charge >= 0.3 is 5.69 Å². The SMILES string of the molecule is CC(C)(CCCO)CNC(=O)Cn1cc([N+](=O)[O-])cn1. The highest BCUT2D eigenvalue weighted by Gasteiger charge is 2.18. The zero-order valence-corrected chi connectivity index (χ0v) is 11.7. The molecule has 0 radical (unpaired) electrons. The van der Waals surface area contributed by atoms with E-state index in [4.69, 9.17) is 5.11 Å². The molecule has 0 aliphatic carbocycles. The lowest BCUT2D eigenvalue weighted by molar-refractivity contribution is -0.385. The fourth-order valence-corrected chi connectivity index (χ4v) is 1.72. The molecule has 112 valence electrons. The normalized spacial score (nSPS) is 11.3. The smallest absolute Gasteiger partial charge is 0.307 e. The molecule has 0 saturated heterocycles. The average Bonchev–Trinajstić information content (AvgIpc) is 2.83. The third kappa shape index (κ3) is 5.35. The third-order valence-electron chi connectivity index (χ3n) is 2.91. The summed E-state index contributed by atoms with van der Waals surface area (Å²) in [6.07, 6.45) is 3.82. The lowest BCUT2D eigenvalue weighted by Crippen LogP contribution is -2.36. The average molecular weight is 284 g/mol. The Labute approximate surface area is 116 Å². The van der Waals surface area contributed by atoms with Crippen LogP contribution in [0.25, 0.3) is 0 Å². The van der Waals surface area contributed by atoms with Gasteiger partial charge in [0.1, 0.15) is 18.9 Å². The van der Waals surface area contributed by atoms with Crippen LogP contribution in [0, 0.1) is 15.5 Å². The summed E-state index contributed by atoms with van der Waals surface area (Å²) in [5.41, 5.74) is -0.241. The molecule has 0 aromatic carbocycles. The van der Waals surface area contributed by atoms with Crippen molar-refractivity contribution in [3.63, 3.8) is 0 Å². The van der Waals surface area contributed by atoms with Crippen LogP contribution >= 0.6 is 0 Å². The Balaban J connectivity index is 2.41. The van der Waals surface area contributed by atoms with Crippen molar-refractivity contribution >= 4 is 11.6 Å². The molecular weight excluding hydrogens is 264 g/mol. The molecule has 1 rings (SSSR count). The maximum atomic E-state index is 11.7. The topological polar surface area (TPSA) is 110 Å². The highest BCUT2D eigenvalue weighted by molar-refractivity contribution is 5.75. The molecule has 8 heteroatoms. The Hall–Kier alpha value is -1.96. The fraction of sp³-hybridized carbons (Fsp3) is 0.667. The summed E-state index contributed by atoms with van der Waals surface area (Å²) < 4.78 is 1.23. The summed E-state index contributed by atoms with van der Waals surface area (Å²) in [5.74, 6) is -0.250. The van der Waals surface area contributed by atoms with E-state index < -0.39 is 4.92 Å². The van der Waals surface area contributed by atoms with Gasteiger partial charge in [0, 0.05) is 13.2 Å². The quantitative estimate of drug-likeness (QED) is 0.539. The van der Waals surface area contributed by atoms with Gasteiger partial charge in [-0.05, 0) is 18.3 Å². The Morgan fingerprint density at radius 2 is 2.30 bits per heavy atom. The van der Waals surface area contributed by atoms with Crippen molar-refractivity contribution in [2.75, 3.05) is 13.2 Å². The van der Waals surface area contributed by atoms with Gasteiger partial charge in [0.2, 0.25) is 5.91 Å². The second kappa shape index (κ2) is 6.99. The van der Waals surface area contributed by atoms with Crippen LogP contribution in [0.3, 0.4) is 0 Å². The van der Waals surface area contributed by atoms with Crippen LogP contribution < -0.4 is 5.32 Å². The van der Waals surface area contributed by atoms with Crippen molar-refractivity contribution in [1.82, 2.24) is 15.1 Å². The van der Waals surface area contributed by atoms with Crippen LogP contribution in [0.15, 0.2) is 12.4 Å². The number of nitrogens with one attached hydrogen (secondary N) is 1. The van der Waals surface area contributed by atoms with Crippen molar-refractivity contribution in [1.29, 1.82) is 0 Å². The number of hydrogen-bond acceptors (Lipinski definition) is 5. The number of aliphatic hydroxyl groups is 1. The van der Waals surface area contributed by atoms with Gasteiger partial charge in [-0.2, -0.15) is 5.10 Å². The summed E-state index contributed by atoms with van der Waals surface area (Å²) in [5, 5.41) is 25.8. The zero-order chi connectivity index (χ0) is 15.2. The van der Waals surface area contributed by atoms with E-state index in [-0.39, 0.29) is 30.2 Å². The molecule has 0 atom stereocenters. The maximum absolute atomic E-state index is 11.7. The number of nitrogens with zero attached hydrogens (tertiary/aromatic N) is 3. The predicted molar refractivity (Wildman–Crippen MR) is 72.0 cm³/mol. The molecule has 1 amide bonds. The molecule has 1 aromatic rings. The zero-order valence-electron chi connectivity index (χ0n) is 11.7. The molecule has 0 aliphatic heterocycles. The van der Waals surface area contributed by atoms with Gasteiger partial charge in [-0.3, -0.25) is 19.6 Å². The van der Waals surface area contributed by atoms with Gasteiger partial charge in [-0.15, -0.1) is 0 Å². The van der Waals surface area contributed by atoms with E-state index >= 15 is 0 Å². The summed E-state index contributed by atoms with van der Waals surface area (Å²) in [7, 11) is 0. The number of amides is 1. The number of carbonyl (C=O) groups is 1. The molecule has 1 aromatic heterocycles. The van der Waals surface area contributed by atoms with Gasteiger partial charge in [0.05, 0.1) is 4.92 Å². The first-order valence-corrected chi connectivity index (χ1v) is 6.38. The first kappa shape index (κ1) is 16.1. The number of hydrogen-bond donors (Lipinski definition) is 2. The van der Waals surface area contributed by atoms with E-state index in [2.05, 4.69) is 10.4 Å². The minimum Gasteiger partial charge on any atom is -0.396 e. The number of carbonyl (C=O) groups excluding carboxylic acids is 1. The van der Waals surface area contributed by atoms with Gasteiger partial charge in [0.25, 0.3) is 0 Å². The van der Waals surface area contributed by atoms with Crippen molar-refractivity contribution in [3.05, 3.63) is 22.5 Å². The molecule has 0 unspecified atom stereocenters. The largest absolute Gasteiger partial charge is 0.396 e. The second-order valence-electron chi connectivity index (χ2n) is 5.42. The number of aromatic nitrogens is 2. The maximum Gasteiger partial charge on any atom is 0.307 e. The summed E-state index contributed by atoms with van der Waals surface area (Å²) in [6, 6.07) is 0. The van der Waals surface area contributed by atoms with Crippen molar-refractivity contribution < 1.29 is 14.8 Å². The third-order valence-corrected chi connectivity index (χ3v) is 2.91. The lowest BCUT2D eigenvalue weighted by atomic mass is 9.88. The monoisotopic (exact) mass is 284 g/mol. The molecule has 0 saturated carbocycles. The van der Waals surface area contributed by atoms with E-state index in [1.54, 1.807) is 0 Å². The van der Waals surface area contributed by atoms with E-state index in [0.717, 1.165) is 12.6 Å². The van der Waals surface area contributed by atoms with Crippen LogP contribution in [0.2, 0.25) is 0 Å². The molecule has 1 heterocycles. The van der Waals surface area contributed by atoms with Gasteiger partial charge in [-0.1, -0.05) is 13.8 Å². The van der Waals surface area contributed by atoms with Crippen LogP contribution in [0.5, 0.6) is 0 Å². The predicted octanol–water partition coefficient (Wildman–Crippen LogP) is 0.706. The molecule has 2 N–H and O–H groups in total. The van der Waals surface area contributed by atoms with Gasteiger partial charge in [0.15, 0.2) is 0 Å². The Morgan fingerprint density at radius 1 is 1.60 bits per heavy atom. The van der Waals surface area contributed by atoms with Crippen LogP contribution in [0.1, 0.15) is 26.7 Å². The Kier molecular flexibility index (Phi) is 5.63. The Morgan fingerprint density at radius 3 is 2.85 bits per heavy atom. The van der Waals surface area contributed by atoms with E-state index in [0.29, 0.717) is 13.0 Å². The summed E-state index contributed by atoms with van der Waals surface area (Å²) in [6.45, 7) is 4.57. The molecular formula is C12H20N4O4. The van der Waals surface area contributed by atoms with Crippen molar-refractivity contribution in [2.45, 2.75) is 33.2 Å². The summed E-state index contributed by atoms with van der Waals surface area (Å²) >= 11 is 0. The van der Waals surface area contributed by atoms with E-state index in [9.17, 15) is 14.9 Å². The molecule has 8 nitrogen and oxygen atoms in total.